The minimum atomic E-state index is -1.34. The first kappa shape index (κ1) is 21.7. The summed E-state index contributed by atoms with van der Waals surface area (Å²) in [7, 11) is 0. The number of carboxylic acids is 1. The molecule has 28 heavy (non-hydrogen) atoms. The number of hydrogen-bond donors (Lipinski definition) is 1. The molecule has 1 unspecified atom stereocenters. The molecule has 0 aliphatic carbocycles. The molecule has 0 bridgehead atoms. The highest BCUT2D eigenvalue weighted by atomic mass is 16.5. The first-order valence-corrected chi connectivity index (χ1v) is 8.76. The molecule has 0 aromatic carbocycles. The van der Waals surface area contributed by atoms with E-state index in [4.69, 9.17) is 14.2 Å². The van der Waals surface area contributed by atoms with Crippen molar-refractivity contribution in [2.45, 2.75) is 18.9 Å². The van der Waals surface area contributed by atoms with Crippen LogP contribution in [0.3, 0.4) is 0 Å². The Kier molecular flexibility index (Phi) is 8.23. The van der Waals surface area contributed by atoms with Crippen molar-refractivity contribution in [3.05, 3.63) is 12.2 Å². The van der Waals surface area contributed by atoms with Gasteiger partial charge in [-0.25, -0.2) is 4.79 Å². The van der Waals surface area contributed by atoms with Crippen LogP contribution in [0.15, 0.2) is 12.2 Å². The molecule has 0 radical (unpaired) electrons. The monoisotopic (exact) mass is 398 g/mol. The summed E-state index contributed by atoms with van der Waals surface area (Å²) in [6, 6.07) is -1.34. The van der Waals surface area contributed by atoms with Crippen LogP contribution in [0.2, 0.25) is 0 Å². The lowest BCUT2D eigenvalue weighted by Gasteiger charge is -2.22. The van der Waals surface area contributed by atoms with E-state index in [0.717, 1.165) is 9.80 Å². The number of nitrogens with zero attached hydrogens (tertiary/aromatic N) is 2. The SMILES string of the molecule is O=C(O)C(COCCOCCOCCN1C(=O)C=CC1=O)N1C(=O)CCC1=O. The molecule has 0 saturated carbocycles. The van der Waals surface area contributed by atoms with Crippen molar-refractivity contribution in [2.24, 2.45) is 0 Å². The quantitative estimate of drug-likeness (QED) is 0.292. The first-order chi connectivity index (χ1) is 13.4. The Morgan fingerprint density at radius 2 is 1.39 bits per heavy atom. The van der Waals surface area contributed by atoms with Crippen LogP contribution in [0.25, 0.3) is 0 Å². The highest BCUT2D eigenvalue weighted by Crippen LogP contribution is 2.16. The van der Waals surface area contributed by atoms with Crippen molar-refractivity contribution in [3.8, 4) is 0 Å². The molecule has 2 aliphatic rings. The predicted octanol–water partition coefficient (Wildman–Crippen LogP) is -1.44. The van der Waals surface area contributed by atoms with E-state index in [1.54, 1.807) is 0 Å². The maximum atomic E-state index is 11.6. The molecular formula is C17H22N2O9. The second-order valence-electron chi connectivity index (χ2n) is 5.97. The molecule has 2 aliphatic heterocycles. The molecule has 0 aromatic rings. The van der Waals surface area contributed by atoms with Crippen LogP contribution in [0, 0.1) is 0 Å². The Hall–Kier alpha value is -2.63. The second kappa shape index (κ2) is 10.6. The second-order valence-corrected chi connectivity index (χ2v) is 5.97. The van der Waals surface area contributed by atoms with Gasteiger partial charge in [-0.2, -0.15) is 0 Å². The molecule has 2 heterocycles. The lowest BCUT2D eigenvalue weighted by atomic mass is 10.3. The average Bonchev–Trinajstić information content (AvgIpc) is 3.15. The molecule has 11 nitrogen and oxygen atoms in total. The summed E-state index contributed by atoms with van der Waals surface area (Å²) in [5.74, 6) is -3.05. The zero-order chi connectivity index (χ0) is 20.5. The molecule has 1 N–H and O–H groups in total. The molecular weight excluding hydrogens is 376 g/mol. The van der Waals surface area contributed by atoms with Gasteiger partial charge >= 0.3 is 5.97 Å². The van der Waals surface area contributed by atoms with Gasteiger partial charge in [0.1, 0.15) is 0 Å². The number of imide groups is 2. The van der Waals surface area contributed by atoms with E-state index in [0.29, 0.717) is 0 Å². The summed E-state index contributed by atoms with van der Waals surface area (Å²) in [6.45, 7) is 0.800. The van der Waals surface area contributed by atoms with Gasteiger partial charge in [-0.15, -0.1) is 0 Å². The minimum Gasteiger partial charge on any atom is -0.480 e. The van der Waals surface area contributed by atoms with Gasteiger partial charge in [0, 0.05) is 25.0 Å². The summed E-state index contributed by atoms with van der Waals surface area (Å²) < 4.78 is 15.7. The average molecular weight is 398 g/mol. The highest BCUT2D eigenvalue weighted by Gasteiger charge is 2.38. The molecule has 1 atom stereocenters. The third-order valence-electron chi connectivity index (χ3n) is 4.07. The minimum absolute atomic E-state index is 0.0162. The van der Waals surface area contributed by atoms with Crippen molar-refractivity contribution < 1.29 is 43.3 Å². The van der Waals surface area contributed by atoms with Crippen LogP contribution in [0.1, 0.15) is 12.8 Å². The van der Waals surface area contributed by atoms with E-state index in [1.807, 2.05) is 0 Å². The molecule has 1 fully saturated rings. The molecule has 4 amide bonds. The molecule has 2 rings (SSSR count). The molecule has 0 aromatic heterocycles. The summed E-state index contributed by atoms with van der Waals surface area (Å²) in [6.07, 6.45) is 2.44. The van der Waals surface area contributed by atoms with Crippen LogP contribution < -0.4 is 0 Å². The van der Waals surface area contributed by atoms with Gasteiger partial charge in [0.25, 0.3) is 11.8 Å². The number of ether oxygens (including phenoxy) is 3. The summed E-state index contributed by atoms with van der Waals surface area (Å²) in [5.41, 5.74) is 0. The number of rotatable bonds is 13. The van der Waals surface area contributed by atoms with Gasteiger partial charge in [-0.1, -0.05) is 0 Å². The van der Waals surface area contributed by atoms with Crippen molar-refractivity contribution in [1.82, 2.24) is 9.80 Å². The van der Waals surface area contributed by atoms with E-state index in [9.17, 15) is 29.1 Å². The highest BCUT2D eigenvalue weighted by molar-refractivity contribution is 6.12. The maximum Gasteiger partial charge on any atom is 0.329 e. The van der Waals surface area contributed by atoms with E-state index >= 15 is 0 Å². The molecule has 1 saturated heterocycles. The number of hydrogen-bond acceptors (Lipinski definition) is 8. The normalized spacial score (nSPS) is 17.9. The first-order valence-electron chi connectivity index (χ1n) is 8.76. The Morgan fingerprint density at radius 3 is 1.93 bits per heavy atom. The lowest BCUT2D eigenvalue weighted by molar-refractivity contribution is -0.157. The Bertz CT molecular complexity index is 627. The Morgan fingerprint density at radius 1 is 0.893 bits per heavy atom. The van der Waals surface area contributed by atoms with Gasteiger partial charge in [0.2, 0.25) is 11.8 Å². The van der Waals surface area contributed by atoms with Gasteiger partial charge in [-0.05, 0) is 0 Å². The van der Waals surface area contributed by atoms with Crippen molar-refractivity contribution in [3.63, 3.8) is 0 Å². The molecule has 154 valence electrons. The third kappa shape index (κ3) is 5.94. The fourth-order valence-electron chi connectivity index (χ4n) is 2.64. The molecule has 0 spiro atoms. The lowest BCUT2D eigenvalue weighted by Crippen LogP contribution is -2.47. The smallest absolute Gasteiger partial charge is 0.329 e. The van der Waals surface area contributed by atoms with Gasteiger partial charge in [0.15, 0.2) is 6.04 Å². The number of amides is 4. The summed E-state index contributed by atoms with van der Waals surface area (Å²) in [4.78, 5) is 58.9. The largest absolute Gasteiger partial charge is 0.480 e. The van der Waals surface area contributed by atoms with Gasteiger partial charge in [0.05, 0.1) is 46.2 Å². The molecule has 11 heteroatoms. The summed E-state index contributed by atoms with van der Waals surface area (Å²) >= 11 is 0. The number of carboxylic acid groups (broad SMARTS) is 1. The number of aliphatic carboxylic acids is 1. The maximum absolute atomic E-state index is 11.6. The number of carbonyl (C=O) groups is 5. The fourth-order valence-corrected chi connectivity index (χ4v) is 2.64. The van der Waals surface area contributed by atoms with Crippen molar-refractivity contribution in [2.75, 3.05) is 46.2 Å². The summed E-state index contributed by atoms with van der Waals surface area (Å²) in [5, 5.41) is 9.18. The van der Waals surface area contributed by atoms with Crippen molar-refractivity contribution >= 4 is 29.6 Å². The van der Waals surface area contributed by atoms with E-state index in [2.05, 4.69) is 0 Å². The van der Waals surface area contributed by atoms with Crippen molar-refractivity contribution in [1.29, 1.82) is 0 Å². The van der Waals surface area contributed by atoms with Gasteiger partial charge < -0.3 is 19.3 Å². The van der Waals surface area contributed by atoms with Crippen LogP contribution in [0.5, 0.6) is 0 Å². The third-order valence-corrected chi connectivity index (χ3v) is 4.07. The van der Waals surface area contributed by atoms with Crippen LogP contribution >= 0.6 is 0 Å². The zero-order valence-electron chi connectivity index (χ0n) is 15.2. The van der Waals surface area contributed by atoms with Crippen LogP contribution in [-0.2, 0) is 38.2 Å². The van der Waals surface area contributed by atoms with E-state index < -0.39 is 23.8 Å². The van der Waals surface area contributed by atoms with E-state index in [1.165, 1.54) is 12.2 Å². The van der Waals surface area contributed by atoms with E-state index in [-0.39, 0.29) is 70.8 Å². The standard InChI is InChI=1S/C17H22N2O9/c20-13-1-2-14(21)18(13)5-6-26-7-8-27-9-10-28-11-12(17(24)25)19-15(22)3-4-16(19)23/h1-2,12H,3-11H2,(H,24,25). The van der Waals surface area contributed by atoms with Gasteiger partial charge in [-0.3, -0.25) is 29.0 Å². The van der Waals surface area contributed by atoms with Crippen LogP contribution in [-0.4, -0.2) is 96.7 Å². The Balaban J connectivity index is 1.50. The topological polar surface area (TPSA) is 140 Å². The van der Waals surface area contributed by atoms with Crippen LogP contribution in [0.4, 0.5) is 0 Å². The number of carbonyl (C=O) groups excluding carboxylic acids is 4. The zero-order valence-corrected chi connectivity index (χ0v) is 15.2. The fraction of sp³-hybridized carbons (Fsp3) is 0.588. The number of likely N-dealkylation sites (tertiary alicyclic amines) is 1. The Labute approximate surface area is 160 Å². The predicted molar refractivity (Wildman–Crippen MR) is 90.8 cm³/mol.